The molecule has 0 spiro atoms. The Labute approximate surface area is 183 Å². The van der Waals surface area contributed by atoms with Crippen molar-refractivity contribution < 1.29 is 13.3 Å². The van der Waals surface area contributed by atoms with E-state index in [2.05, 4.69) is 9.80 Å². The number of rotatable bonds is 5. The van der Waals surface area contributed by atoms with Crippen molar-refractivity contribution >= 4 is 27.1 Å². The number of nitro benzene ring substituents is 1. The number of sulfonamides is 1. The molecule has 166 valence electrons. The van der Waals surface area contributed by atoms with Crippen LogP contribution in [0.25, 0.3) is 0 Å². The van der Waals surface area contributed by atoms with Gasteiger partial charge in [-0.25, -0.2) is 8.42 Å². The highest BCUT2D eigenvalue weighted by atomic mass is 32.2. The summed E-state index contributed by atoms with van der Waals surface area (Å²) >= 11 is 0. The minimum Gasteiger partial charge on any atom is -0.369 e. The summed E-state index contributed by atoms with van der Waals surface area (Å²) in [5.41, 5.74) is 3.71. The topological polar surface area (TPSA) is 87.0 Å². The standard InChI is InChI=1S/C22H28N4O4S/c1-17-5-7-20(15-18(17)2)31(29,30)25-13-11-23(12-14-25)19-6-8-21(26(27)28)22(16-19)24-9-3-4-10-24/h5-8,15-16H,3-4,9-14H2,1-2H3. The molecule has 31 heavy (non-hydrogen) atoms. The summed E-state index contributed by atoms with van der Waals surface area (Å²) in [6.45, 7) is 7.38. The lowest BCUT2D eigenvalue weighted by Gasteiger charge is -2.35. The third-order valence-corrected chi connectivity index (χ3v) is 8.22. The van der Waals surface area contributed by atoms with Crippen LogP contribution in [-0.2, 0) is 10.0 Å². The number of piperazine rings is 1. The van der Waals surface area contributed by atoms with Gasteiger partial charge in [0.1, 0.15) is 5.69 Å². The Morgan fingerprint density at radius 1 is 0.839 bits per heavy atom. The van der Waals surface area contributed by atoms with Gasteiger partial charge in [0.05, 0.1) is 9.82 Å². The highest BCUT2D eigenvalue weighted by molar-refractivity contribution is 7.89. The van der Waals surface area contributed by atoms with Gasteiger partial charge in [-0.2, -0.15) is 4.31 Å². The summed E-state index contributed by atoms with van der Waals surface area (Å²) in [5, 5.41) is 11.5. The molecule has 2 aromatic carbocycles. The van der Waals surface area contributed by atoms with Crippen LogP contribution >= 0.6 is 0 Å². The summed E-state index contributed by atoms with van der Waals surface area (Å²) in [6, 6.07) is 10.5. The fourth-order valence-corrected chi connectivity index (χ4v) is 5.79. The maximum absolute atomic E-state index is 13.1. The fourth-order valence-electron chi connectivity index (χ4n) is 4.28. The quantitative estimate of drug-likeness (QED) is 0.519. The first-order valence-electron chi connectivity index (χ1n) is 10.6. The van der Waals surface area contributed by atoms with Crippen molar-refractivity contribution in [2.75, 3.05) is 49.1 Å². The van der Waals surface area contributed by atoms with Gasteiger partial charge >= 0.3 is 0 Å². The molecule has 0 radical (unpaired) electrons. The summed E-state index contributed by atoms with van der Waals surface area (Å²) in [4.78, 5) is 15.7. The summed E-state index contributed by atoms with van der Waals surface area (Å²) in [6.07, 6.45) is 2.08. The third-order valence-electron chi connectivity index (χ3n) is 6.32. The van der Waals surface area contributed by atoms with Gasteiger partial charge in [0, 0.05) is 51.0 Å². The predicted octanol–water partition coefficient (Wildman–Crippen LogP) is 3.32. The lowest BCUT2D eigenvalue weighted by molar-refractivity contribution is -0.384. The van der Waals surface area contributed by atoms with Crippen LogP contribution in [0.4, 0.5) is 17.1 Å². The van der Waals surface area contributed by atoms with Crippen LogP contribution in [0.2, 0.25) is 0 Å². The number of aryl methyl sites for hydroxylation is 2. The number of hydrogen-bond donors (Lipinski definition) is 0. The zero-order valence-corrected chi connectivity index (χ0v) is 18.8. The smallest absolute Gasteiger partial charge is 0.292 e. The highest BCUT2D eigenvalue weighted by Crippen LogP contribution is 2.35. The zero-order valence-electron chi connectivity index (χ0n) is 18.0. The number of benzene rings is 2. The van der Waals surface area contributed by atoms with E-state index < -0.39 is 10.0 Å². The van der Waals surface area contributed by atoms with Crippen molar-refractivity contribution in [3.63, 3.8) is 0 Å². The SMILES string of the molecule is Cc1ccc(S(=O)(=O)N2CCN(c3ccc([N+](=O)[O-])c(N4CCCC4)c3)CC2)cc1C. The molecule has 4 rings (SSSR count). The number of nitro groups is 1. The van der Waals surface area contributed by atoms with Crippen LogP contribution in [0.15, 0.2) is 41.3 Å². The van der Waals surface area contributed by atoms with Crippen molar-refractivity contribution in [2.24, 2.45) is 0 Å². The summed E-state index contributed by atoms with van der Waals surface area (Å²) < 4.78 is 27.7. The van der Waals surface area contributed by atoms with Crippen LogP contribution in [-0.4, -0.2) is 56.9 Å². The molecule has 2 aliphatic rings. The first-order valence-corrected chi connectivity index (χ1v) is 12.1. The van der Waals surface area contributed by atoms with Gasteiger partial charge in [-0.3, -0.25) is 10.1 Å². The monoisotopic (exact) mass is 444 g/mol. The van der Waals surface area contributed by atoms with Crippen molar-refractivity contribution in [1.82, 2.24) is 4.31 Å². The van der Waals surface area contributed by atoms with E-state index in [4.69, 9.17) is 0 Å². The van der Waals surface area contributed by atoms with Crippen LogP contribution in [0.3, 0.4) is 0 Å². The van der Waals surface area contributed by atoms with Crippen LogP contribution in [0.5, 0.6) is 0 Å². The number of anilines is 2. The van der Waals surface area contributed by atoms with Crippen molar-refractivity contribution in [3.8, 4) is 0 Å². The molecule has 2 aromatic rings. The summed E-state index contributed by atoms with van der Waals surface area (Å²) in [5.74, 6) is 0. The van der Waals surface area contributed by atoms with E-state index in [0.29, 0.717) is 36.8 Å². The van der Waals surface area contributed by atoms with Gasteiger partial charge in [0.15, 0.2) is 0 Å². The van der Waals surface area contributed by atoms with Crippen molar-refractivity contribution in [2.45, 2.75) is 31.6 Å². The van der Waals surface area contributed by atoms with Crippen LogP contribution in [0.1, 0.15) is 24.0 Å². The van der Waals surface area contributed by atoms with E-state index in [9.17, 15) is 18.5 Å². The van der Waals surface area contributed by atoms with Crippen molar-refractivity contribution in [1.29, 1.82) is 0 Å². The Hall–Kier alpha value is -2.65. The van der Waals surface area contributed by atoms with E-state index in [-0.39, 0.29) is 10.6 Å². The van der Waals surface area contributed by atoms with Crippen molar-refractivity contribution in [3.05, 3.63) is 57.6 Å². The molecule has 2 fully saturated rings. The molecule has 0 aromatic heterocycles. The van der Waals surface area contributed by atoms with E-state index in [1.165, 1.54) is 4.31 Å². The average molecular weight is 445 g/mol. The molecule has 2 saturated heterocycles. The molecule has 2 aliphatic heterocycles. The predicted molar refractivity (Wildman–Crippen MR) is 121 cm³/mol. The largest absolute Gasteiger partial charge is 0.369 e. The Balaban J connectivity index is 1.51. The minimum absolute atomic E-state index is 0.126. The van der Waals surface area contributed by atoms with Crippen LogP contribution < -0.4 is 9.80 Å². The second-order valence-electron chi connectivity index (χ2n) is 8.26. The Morgan fingerprint density at radius 2 is 1.52 bits per heavy atom. The maximum Gasteiger partial charge on any atom is 0.292 e. The molecule has 2 heterocycles. The molecule has 8 nitrogen and oxygen atoms in total. The lowest BCUT2D eigenvalue weighted by atomic mass is 10.1. The van der Waals surface area contributed by atoms with Gasteiger partial charge in [0.2, 0.25) is 10.0 Å². The van der Waals surface area contributed by atoms with E-state index in [1.807, 2.05) is 26.0 Å². The molecule has 0 unspecified atom stereocenters. The molecule has 0 bridgehead atoms. The second kappa shape index (κ2) is 8.47. The normalized spacial score (nSPS) is 17.9. The summed E-state index contributed by atoms with van der Waals surface area (Å²) in [7, 11) is -3.54. The van der Waals surface area contributed by atoms with Gasteiger partial charge in [-0.15, -0.1) is 0 Å². The van der Waals surface area contributed by atoms with Gasteiger partial charge < -0.3 is 9.80 Å². The molecule has 0 amide bonds. The number of nitrogens with zero attached hydrogens (tertiary/aromatic N) is 4. The van der Waals surface area contributed by atoms with Crippen LogP contribution in [0, 0.1) is 24.0 Å². The Morgan fingerprint density at radius 3 is 2.13 bits per heavy atom. The molecule has 0 atom stereocenters. The minimum atomic E-state index is -3.54. The zero-order chi connectivity index (χ0) is 22.2. The van der Waals surface area contributed by atoms with Gasteiger partial charge in [-0.1, -0.05) is 6.07 Å². The Bertz CT molecular complexity index is 1090. The van der Waals surface area contributed by atoms with E-state index >= 15 is 0 Å². The molecule has 0 saturated carbocycles. The lowest BCUT2D eigenvalue weighted by Crippen LogP contribution is -2.48. The van der Waals surface area contributed by atoms with Gasteiger partial charge in [-0.05, 0) is 62.1 Å². The van der Waals surface area contributed by atoms with E-state index in [1.54, 1.807) is 24.3 Å². The first-order chi connectivity index (χ1) is 14.8. The third kappa shape index (κ3) is 4.24. The molecular weight excluding hydrogens is 416 g/mol. The molecule has 0 aliphatic carbocycles. The molecular formula is C22H28N4O4S. The van der Waals surface area contributed by atoms with E-state index in [0.717, 1.165) is 42.7 Å². The molecule has 0 N–H and O–H groups in total. The highest BCUT2D eigenvalue weighted by Gasteiger charge is 2.30. The number of hydrogen-bond acceptors (Lipinski definition) is 6. The van der Waals surface area contributed by atoms with Gasteiger partial charge in [0.25, 0.3) is 5.69 Å². The fraction of sp³-hybridized carbons (Fsp3) is 0.455. The average Bonchev–Trinajstić information content (AvgIpc) is 3.30. The Kier molecular flexibility index (Phi) is 5.90. The second-order valence-corrected chi connectivity index (χ2v) is 10.2. The first kappa shape index (κ1) is 21.6. The molecule has 9 heteroatoms. The maximum atomic E-state index is 13.1.